The lowest BCUT2D eigenvalue weighted by molar-refractivity contribution is 0.940. The van der Waals surface area contributed by atoms with Gasteiger partial charge in [0, 0.05) is 11.1 Å². The third kappa shape index (κ3) is 1.75. The van der Waals surface area contributed by atoms with E-state index in [2.05, 4.69) is 67.2 Å². The maximum atomic E-state index is 4.30. The van der Waals surface area contributed by atoms with Crippen molar-refractivity contribution in [3.05, 3.63) is 59.9 Å². The number of aromatic nitrogens is 6. The zero-order valence-corrected chi connectivity index (χ0v) is 12.1. The molecule has 23 heavy (non-hydrogen) atoms. The molecular formula is C17H12N6. The molecule has 2 aromatic heterocycles. The average Bonchev–Trinajstić information content (AvgIpc) is 3.33. The summed E-state index contributed by atoms with van der Waals surface area (Å²) in [5.41, 5.74) is 8.87. The molecule has 0 spiro atoms. The molecule has 110 valence electrons. The van der Waals surface area contributed by atoms with Crippen LogP contribution in [-0.2, 0) is 6.42 Å². The van der Waals surface area contributed by atoms with Crippen LogP contribution in [0.4, 0.5) is 0 Å². The molecule has 0 saturated carbocycles. The quantitative estimate of drug-likeness (QED) is 0.525. The molecule has 1 aliphatic carbocycles. The molecule has 4 aromatic rings. The predicted molar refractivity (Wildman–Crippen MR) is 85.4 cm³/mol. The summed E-state index contributed by atoms with van der Waals surface area (Å²) in [6.45, 7) is 0. The molecule has 0 fully saturated rings. The molecule has 0 saturated heterocycles. The molecule has 2 heterocycles. The SMILES string of the molecule is c1ccc2c(c1)Cc1c-2ccc(-c2cn[nH]n2)c1-c1cn[nH]n1. The summed E-state index contributed by atoms with van der Waals surface area (Å²) in [4.78, 5) is 0. The summed E-state index contributed by atoms with van der Waals surface area (Å²) in [6, 6.07) is 12.8. The zero-order chi connectivity index (χ0) is 15.2. The second kappa shape index (κ2) is 4.61. The van der Waals surface area contributed by atoms with Crippen molar-refractivity contribution in [1.29, 1.82) is 0 Å². The van der Waals surface area contributed by atoms with Crippen LogP contribution in [0.3, 0.4) is 0 Å². The Morgan fingerprint density at radius 1 is 0.739 bits per heavy atom. The number of benzene rings is 2. The number of H-pyrrole nitrogens is 2. The molecule has 5 rings (SSSR count). The second-order valence-corrected chi connectivity index (χ2v) is 5.56. The van der Waals surface area contributed by atoms with Gasteiger partial charge < -0.3 is 0 Å². The van der Waals surface area contributed by atoms with E-state index >= 15 is 0 Å². The van der Waals surface area contributed by atoms with Crippen LogP contribution in [0.25, 0.3) is 33.6 Å². The molecule has 0 amide bonds. The van der Waals surface area contributed by atoms with E-state index in [1.165, 1.54) is 22.3 Å². The number of hydrogen-bond acceptors (Lipinski definition) is 4. The van der Waals surface area contributed by atoms with E-state index in [1.54, 1.807) is 12.4 Å². The van der Waals surface area contributed by atoms with Gasteiger partial charge in [-0.3, -0.25) is 0 Å². The largest absolute Gasteiger partial charge is 0.197 e. The van der Waals surface area contributed by atoms with Gasteiger partial charge >= 0.3 is 0 Å². The topological polar surface area (TPSA) is 83.1 Å². The summed E-state index contributed by atoms with van der Waals surface area (Å²) < 4.78 is 0. The fourth-order valence-corrected chi connectivity index (χ4v) is 3.37. The van der Waals surface area contributed by atoms with E-state index < -0.39 is 0 Å². The smallest absolute Gasteiger partial charge is 0.113 e. The fraction of sp³-hybridized carbons (Fsp3) is 0.0588. The number of nitrogens with one attached hydrogen (secondary N) is 2. The Balaban J connectivity index is 1.83. The molecular weight excluding hydrogens is 288 g/mol. The summed E-state index contributed by atoms with van der Waals surface area (Å²) in [5, 5.41) is 21.8. The molecule has 0 aliphatic heterocycles. The fourth-order valence-electron chi connectivity index (χ4n) is 3.37. The van der Waals surface area contributed by atoms with Crippen LogP contribution < -0.4 is 0 Å². The number of rotatable bonds is 2. The van der Waals surface area contributed by atoms with Gasteiger partial charge in [-0.25, -0.2) is 0 Å². The van der Waals surface area contributed by atoms with E-state index in [0.717, 1.165) is 28.9 Å². The van der Waals surface area contributed by atoms with Crippen molar-refractivity contribution in [3.8, 4) is 33.6 Å². The van der Waals surface area contributed by atoms with Gasteiger partial charge in [0.25, 0.3) is 0 Å². The Morgan fingerprint density at radius 3 is 2.26 bits per heavy atom. The van der Waals surface area contributed by atoms with Gasteiger partial charge in [0.2, 0.25) is 0 Å². The third-order valence-electron chi connectivity index (χ3n) is 4.35. The molecule has 0 radical (unpaired) electrons. The van der Waals surface area contributed by atoms with Crippen molar-refractivity contribution in [2.75, 3.05) is 0 Å². The van der Waals surface area contributed by atoms with Crippen molar-refractivity contribution in [2.24, 2.45) is 0 Å². The third-order valence-corrected chi connectivity index (χ3v) is 4.35. The average molecular weight is 300 g/mol. The van der Waals surface area contributed by atoms with Crippen molar-refractivity contribution < 1.29 is 0 Å². The first kappa shape index (κ1) is 12.3. The summed E-state index contributed by atoms with van der Waals surface area (Å²) in [5.74, 6) is 0. The first-order valence-corrected chi connectivity index (χ1v) is 7.38. The summed E-state index contributed by atoms with van der Waals surface area (Å²) >= 11 is 0. The summed E-state index contributed by atoms with van der Waals surface area (Å²) in [6.07, 6.45) is 4.37. The first-order valence-electron chi connectivity index (χ1n) is 7.38. The first-order chi connectivity index (χ1) is 11.4. The van der Waals surface area contributed by atoms with Crippen LogP contribution in [0, 0.1) is 0 Å². The highest BCUT2D eigenvalue weighted by molar-refractivity contribution is 5.91. The summed E-state index contributed by atoms with van der Waals surface area (Å²) in [7, 11) is 0. The lowest BCUT2D eigenvalue weighted by Gasteiger charge is -2.11. The molecule has 0 bridgehead atoms. The molecule has 6 heteroatoms. The van der Waals surface area contributed by atoms with E-state index in [0.29, 0.717) is 0 Å². The Hall–Kier alpha value is -3.28. The van der Waals surface area contributed by atoms with Gasteiger partial charge in [-0.05, 0) is 28.7 Å². The second-order valence-electron chi connectivity index (χ2n) is 5.56. The number of hydrogen-bond donors (Lipinski definition) is 2. The Morgan fingerprint density at radius 2 is 1.48 bits per heavy atom. The lowest BCUT2D eigenvalue weighted by Crippen LogP contribution is -1.93. The highest BCUT2D eigenvalue weighted by atomic mass is 15.3. The lowest BCUT2D eigenvalue weighted by atomic mass is 9.93. The maximum Gasteiger partial charge on any atom is 0.113 e. The molecule has 0 atom stereocenters. The van der Waals surface area contributed by atoms with Gasteiger partial charge in [-0.15, -0.1) is 0 Å². The van der Waals surface area contributed by atoms with Crippen molar-refractivity contribution in [2.45, 2.75) is 6.42 Å². The standard InChI is InChI=1S/C17H12N6/c1-2-4-11-10(3-1)7-14-12(11)5-6-13(15-8-18-22-20-15)17(14)16-9-19-23-21-16/h1-6,8-9H,7H2,(H,18,20,22)(H,19,21,23). The Kier molecular flexibility index (Phi) is 2.46. The maximum absolute atomic E-state index is 4.30. The molecule has 2 aromatic carbocycles. The van der Waals surface area contributed by atoms with Gasteiger partial charge in [0.05, 0.1) is 12.4 Å². The van der Waals surface area contributed by atoms with E-state index in [4.69, 9.17) is 0 Å². The Labute approximate surface area is 131 Å². The van der Waals surface area contributed by atoms with Gasteiger partial charge in [-0.1, -0.05) is 36.4 Å². The molecule has 2 N–H and O–H groups in total. The van der Waals surface area contributed by atoms with Crippen molar-refractivity contribution >= 4 is 0 Å². The normalized spacial score (nSPS) is 12.2. The van der Waals surface area contributed by atoms with Crippen LogP contribution >= 0.6 is 0 Å². The number of fused-ring (bicyclic) bond motifs is 3. The van der Waals surface area contributed by atoms with E-state index in [1.807, 2.05) is 0 Å². The Bertz CT molecular complexity index is 986. The highest BCUT2D eigenvalue weighted by Crippen LogP contribution is 2.44. The van der Waals surface area contributed by atoms with E-state index in [9.17, 15) is 0 Å². The number of nitrogens with zero attached hydrogens (tertiary/aromatic N) is 4. The monoisotopic (exact) mass is 300 g/mol. The van der Waals surface area contributed by atoms with Crippen LogP contribution in [0.5, 0.6) is 0 Å². The zero-order valence-electron chi connectivity index (χ0n) is 12.1. The van der Waals surface area contributed by atoms with Crippen molar-refractivity contribution in [3.63, 3.8) is 0 Å². The van der Waals surface area contributed by atoms with Crippen LogP contribution in [0.1, 0.15) is 11.1 Å². The minimum atomic E-state index is 0.807. The van der Waals surface area contributed by atoms with Gasteiger partial charge in [-0.2, -0.15) is 30.8 Å². The van der Waals surface area contributed by atoms with Crippen LogP contribution in [-0.4, -0.2) is 30.8 Å². The molecule has 0 unspecified atom stereocenters. The highest BCUT2D eigenvalue weighted by Gasteiger charge is 2.25. The van der Waals surface area contributed by atoms with Gasteiger partial charge in [0.1, 0.15) is 11.4 Å². The number of aromatic amines is 2. The van der Waals surface area contributed by atoms with Crippen LogP contribution in [0.15, 0.2) is 48.8 Å². The minimum absolute atomic E-state index is 0.807. The molecule has 6 nitrogen and oxygen atoms in total. The van der Waals surface area contributed by atoms with Crippen molar-refractivity contribution in [1.82, 2.24) is 30.8 Å². The predicted octanol–water partition coefficient (Wildman–Crippen LogP) is 2.83. The van der Waals surface area contributed by atoms with Gasteiger partial charge in [0.15, 0.2) is 0 Å². The van der Waals surface area contributed by atoms with E-state index in [-0.39, 0.29) is 0 Å². The van der Waals surface area contributed by atoms with Crippen LogP contribution in [0.2, 0.25) is 0 Å². The minimum Gasteiger partial charge on any atom is -0.197 e. The molecule has 1 aliphatic rings.